The van der Waals surface area contributed by atoms with Crippen molar-refractivity contribution in [3.63, 3.8) is 0 Å². The molecule has 0 saturated carbocycles. The number of carboxylic acid groups (broad SMARTS) is 2. The summed E-state index contributed by atoms with van der Waals surface area (Å²) in [6, 6.07) is 3.84. The number of aliphatic hydroxyl groups excluding tert-OH is 2. The Balaban J connectivity index is 2.28. The molecule has 0 amide bonds. The van der Waals surface area contributed by atoms with Crippen LogP contribution in [-0.4, -0.2) is 37.3 Å². The Kier molecular flexibility index (Phi) is 3.39. The first-order valence-corrected chi connectivity index (χ1v) is 6.78. The van der Waals surface area contributed by atoms with Crippen molar-refractivity contribution < 1.29 is 30.0 Å². The zero-order valence-electron chi connectivity index (χ0n) is 12.0. The molecule has 0 bridgehead atoms. The van der Waals surface area contributed by atoms with E-state index in [1.807, 2.05) is 0 Å². The summed E-state index contributed by atoms with van der Waals surface area (Å²) < 4.78 is 0. The molecule has 3 rings (SSSR count). The molecule has 118 valence electrons. The zero-order chi connectivity index (χ0) is 16.9. The molecule has 4 N–H and O–H groups in total. The van der Waals surface area contributed by atoms with Gasteiger partial charge in [-0.2, -0.15) is 0 Å². The van der Waals surface area contributed by atoms with Gasteiger partial charge in [-0.1, -0.05) is 0 Å². The van der Waals surface area contributed by atoms with Crippen LogP contribution in [-0.2, 0) is 0 Å². The quantitative estimate of drug-likeness (QED) is 0.657. The Morgan fingerprint density at radius 2 is 1.43 bits per heavy atom. The van der Waals surface area contributed by atoms with Crippen molar-refractivity contribution in [3.05, 3.63) is 63.5 Å². The van der Waals surface area contributed by atoms with Gasteiger partial charge in [0.25, 0.3) is 0 Å². The van der Waals surface area contributed by atoms with Crippen LogP contribution in [0.15, 0.2) is 24.4 Å². The van der Waals surface area contributed by atoms with Crippen LogP contribution in [0.4, 0.5) is 0 Å². The van der Waals surface area contributed by atoms with Gasteiger partial charge in [-0.3, -0.25) is 4.98 Å². The zero-order valence-corrected chi connectivity index (χ0v) is 12.0. The average molecular weight is 315 g/mol. The summed E-state index contributed by atoms with van der Waals surface area (Å²) in [4.78, 5) is 26.7. The Morgan fingerprint density at radius 3 is 1.96 bits per heavy atom. The number of benzene rings is 1. The molecule has 1 aromatic carbocycles. The minimum absolute atomic E-state index is 0.142. The van der Waals surface area contributed by atoms with Gasteiger partial charge in [-0.05, 0) is 41.8 Å². The van der Waals surface area contributed by atoms with Gasteiger partial charge in [0.2, 0.25) is 0 Å². The van der Waals surface area contributed by atoms with E-state index < -0.39 is 35.3 Å². The third-order valence-corrected chi connectivity index (χ3v) is 3.91. The molecule has 23 heavy (non-hydrogen) atoms. The molecule has 0 fully saturated rings. The van der Waals surface area contributed by atoms with Crippen LogP contribution in [0.5, 0.6) is 0 Å². The minimum Gasteiger partial charge on any atom is -0.478 e. The van der Waals surface area contributed by atoms with Crippen LogP contribution in [0.3, 0.4) is 0 Å². The molecule has 1 heterocycles. The maximum atomic E-state index is 11.3. The fourth-order valence-electron chi connectivity index (χ4n) is 2.83. The van der Waals surface area contributed by atoms with Crippen molar-refractivity contribution in [1.29, 1.82) is 0 Å². The molecule has 2 unspecified atom stereocenters. The number of aromatic carboxylic acids is 2. The van der Waals surface area contributed by atoms with Crippen LogP contribution < -0.4 is 0 Å². The van der Waals surface area contributed by atoms with E-state index in [4.69, 9.17) is 0 Å². The van der Waals surface area contributed by atoms with E-state index in [0.29, 0.717) is 5.56 Å². The lowest BCUT2D eigenvalue weighted by molar-refractivity contribution is 0.0650. The second-order valence-electron chi connectivity index (χ2n) is 5.43. The van der Waals surface area contributed by atoms with E-state index in [0.717, 1.165) is 17.7 Å². The van der Waals surface area contributed by atoms with Gasteiger partial charge in [-0.15, -0.1) is 0 Å². The number of aromatic nitrogens is 1. The van der Waals surface area contributed by atoms with E-state index in [1.54, 1.807) is 13.0 Å². The number of pyridine rings is 1. The number of hydrogen-bond donors (Lipinski definition) is 4. The number of aryl methyl sites for hydroxylation is 1. The predicted octanol–water partition coefficient (Wildman–Crippen LogP) is 1.26. The molecule has 0 aliphatic heterocycles. The summed E-state index contributed by atoms with van der Waals surface area (Å²) in [5.41, 5.74) is 0.812. The Bertz CT molecular complexity index is 845. The van der Waals surface area contributed by atoms with Crippen molar-refractivity contribution in [2.75, 3.05) is 0 Å². The Morgan fingerprint density at radius 1 is 0.913 bits per heavy atom. The first-order valence-electron chi connectivity index (χ1n) is 6.78. The van der Waals surface area contributed by atoms with Gasteiger partial charge in [0.05, 0.1) is 16.8 Å². The number of hydrogen-bond acceptors (Lipinski definition) is 5. The molecule has 0 radical (unpaired) electrons. The van der Waals surface area contributed by atoms with E-state index in [9.17, 15) is 30.0 Å². The smallest absolute Gasteiger partial charge is 0.336 e. The molecule has 7 heteroatoms. The second-order valence-corrected chi connectivity index (χ2v) is 5.43. The van der Waals surface area contributed by atoms with E-state index in [2.05, 4.69) is 4.98 Å². The first-order chi connectivity index (χ1) is 10.8. The van der Waals surface area contributed by atoms with Crippen LogP contribution in [0.25, 0.3) is 0 Å². The standard InChI is InChI=1S/C16H13NO6/c1-6-2-11-12(17-5-6)14(19)8-4-10(16(22)23)9(15(20)21)3-7(8)13(11)18/h2-5,13-14,18-19H,1H3,(H,20,21)(H,22,23). The highest BCUT2D eigenvalue weighted by Gasteiger charge is 2.34. The molecule has 1 aromatic heterocycles. The molecule has 1 aliphatic carbocycles. The summed E-state index contributed by atoms with van der Waals surface area (Å²) in [5.74, 6) is -2.84. The monoisotopic (exact) mass is 315 g/mol. The predicted molar refractivity (Wildman–Crippen MR) is 77.5 cm³/mol. The molecule has 0 spiro atoms. The van der Waals surface area contributed by atoms with E-state index >= 15 is 0 Å². The third kappa shape index (κ3) is 2.26. The largest absolute Gasteiger partial charge is 0.478 e. The van der Waals surface area contributed by atoms with Gasteiger partial charge in [0.1, 0.15) is 12.2 Å². The van der Waals surface area contributed by atoms with Gasteiger partial charge >= 0.3 is 11.9 Å². The average Bonchev–Trinajstić information content (AvgIpc) is 2.51. The minimum atomic E-state index is -1.42. The van der Waals surface area contributed by atoms with Crippen molar-refractivity contribution in [3.8, 4) is 0 Å². The van der Waals surface area contributed by atoms with Crippen molar-refractivity contribution >= 4 is 11.9 Å². The fourth-order valence-corrected chi connectivity index (χ4v) is 2.83. The fraction of sp³-hybridized carbons (Fsp3) is 0.188. The van der Waals surface area contributed by atoms with Crippen molar-refractivity contribution in [1.82, 2.24) is 4.98 Å². The highest BCUT2D eigenvalue weighted by Crippen LogP contribution is 2.41. The normalized spacial score (nSPS) is 18.9. The molecule has 2 aromatic rings. The van der Waals surface area contributed by atoms with Crippen molar-refractivity contribution in [2.24, 2.45) is 0 Å². The molecule has 2 atom stereocenters. The van der Waals surface area contributed by atoms with Crippen LogP contribution in [0.1, 0.15) is 60.9 Å². The molecule has 1 aliphatic rings. The van der Waals surface area contributed by atoms with Gasteiger partial charge in [0, 0.05) is 11.8 Å². The number of rotatable bonds is 2. The maximum absolute atomic E-state index is 11.3. The first kappa shape index (κ1) is 15.1. The molecule has 7 nitrogen and oxygen atoms in total. The highest BCUT2D eigenvalue weighted by atomic mass is 16.4. The number of carboxylic acids is 2. The summed E-state index contributed by atoms with van der Waals surface area (Å²) in [7, 11) is 0. The lowest BCUT2D eigenvalue weighted by Crippen LogP contribution is -2.22. The van der Waals surface area contributed by atoms with Gasteiger partial charge < -0.3 is 20.4 Å². The van der Waals surface area contributed by atoms with Crippen molar-refractivity contribution in [2.45, 2.75) is 19.1 Å². The maximum Gasteiger partial charge on any atom is 0.336 e. The highest BCUT2D eigenvalue weighted by molar-refractivity contribution is 6.02. The number of aliphatic hydroxyl groups is 2. The topological polar surface area (TPSA) is 128 Å². The van der Waals surface area contributed by atoms with Gasteiger partial charge in [-0.25, -0.2) is 9.59 Å². The summed E-state index contributed by atoms with van der Waals surface area (Å²) in [6.07, 6.45) is -0.884. The van der Waals surface area contributed by atoms with Gasteiger partial charge in [0.15, 0.2) is 0 Å². The third-order valence-electron chi connectivity index (χ3n) is 3.91. The van der Waals surface area contributed by atoms with Crippen LogP contribution in [0, 0.1) is 6.92 Å². The van der Waals surface area contributed by atoms with Crippen LogP contribution >= 0.6 is 0 Å². The van der Waals surface area contributed by atoms with Crippen LogP contribution in [0.2, 0.25) is 0 Å². The summed E-state index contributed by atoms with van der Waals surface area (Å²) in [5, 5.41) is 39.3. The molecule has 0 saturated heterocycles. The lowest BCUT2D eigenvalue weighted by atomic mass is 9.82. The Labute approximate surface area is 130 Å². The summed E-state index contributed by atoms with van der Waals surface area (Å²) in [6.45, 7) is 1.78. The van der Waals surface area contributed by atoms with E-state index in [-0.39, 0.29) is 16.8 Å². The van der Waals surface area contributed by atoms with E-state index in [1.165, 1.54) is 6.20 Å². The summed E-state index contributed by atoms with van der Waals surface area (Å²) >= 11 is 0. The SMILES string of the molecule is Cc1cnc2c(c1)C(O)c1cc(C(=O)O)c(C(=O)O)cc1C2O. The molecular weight excluding hydrogens is 302 g/mol. The second kappa shape index (κ2) is 5.15. The number of nitrogens with zero attached hydrogens (tertiary/aromatic N) is 1. The lowest BCUT2D eigenvalue weighted by Gasteiger charge is -2.29. The molecular formula is C16H13NO6. The Hall–Kier alpha value is -2.77. The number of fused-ring (bicyclic) bond motifs is 2. The number of carbonyl (C=O) groups is 2.